The highest BCUT2D eigenvalue weighted by Crippen LogP contribution is 2.05. The van der Waals surface area contributed by atoms with Gasteiger partial charge in [0.15, 0.2) is 0 Å². The molecule has 0 unspecified atom stereocenters. The fraction of sp³-hybridized carbons (Fsp3) is 0.125. The van der Waals surface area contributed by atoms with Gasteiger partial charge in [-0.25, -0.2) is 9.97 Å². The molecule has 0 amide bonds. The summed E-state index contributed by atoms with van der Waals surface area (Å²) in [6.45, 7) is 0. The lowest BCUT2D eigenvalue weighted by molar-refractivity contribution is 1.17. The van der Waals surface area contributed by atoms with Crippen molar-refractivity contribution in [3.63, 3.8) is 0 Å². The molecule has 0 bridgehead atoms. The number of anilines is 1. The predicted octanol–water partition coefficient (Wildman–Crippen LogP) is 0.360. The Balaban J connectivity index is 2.80. The Kier molecular flexibility index (Phi) is 1.70. The van der Waals surface area contributed by atoms with E-state index in [0.29, 0.717) is 16.9 Å². The number of aromatic amines is 1. The number of rotatable bonds is 1. The van der Waals surface area contributed by atoms with Crippen molar-refractivity contribution in [3.8, 4) is 0 Å². The van der Waals surface area contributed by atoms with E-state index < -0.39 is 0 Å². The molecule has 0 saturated heterocycles. The molecule has 5 heteroatoms. The van der Waals surface area contributed by atoms with Gasteiger partial charge in [0.2, 0.25) is 5.95 Å². The van der Waals surface area contributed by atoms with Gasteiger partial charge >= 0.3 is 0 Å². The van der Waals surface area contributed by atoms with Crippen molar-refractivity contribution in [2.45, 2.75) is 0 Å². The van der Waals surface area contributed by atoms with Crippen LogP contribution in [0.2, 0.25) is 0 Å². The van der Waals surface area contributed by atoms with Gasteiger partial charge in [-0.2, -0.15) is 0 Å². The predicted molar refractivity (Wildman–Crippen MR) is 49.7 cm³/mol. The number of hydrogen-bond acceptors (Lipinski definition) is 4. The quantitative estimate of drug-likeness (QED) is 0.658. The van der Waals surface area contributed by atoms with Gasteiger partial charge < -0.3 is 10.3 Å². The molecule has 13 heavy (non-hydrogen) atoms. The summed E-state index contributed by atoms with van der Waals surface area (Å²) in [5.41, 5.74) is 0.475. The molecule has 2 rings (SSSR count). The maximum atomic E-state index is 11.2. The lowest BCUT2D eigenvalue weighted by Gasteiger charge is -1.98. The van der Waals surface area contributed by atoms with E-state index in [-0.39, 0.29) is 5.56 Å². The average molecular weight is 176 g/mol. The van der Waals surface area contributed by atoms with Gasteiger partial charge in [-0.15, -0.1) is 0 Å². The van der Waals surface area contributed by atoms with Gasteiger partial charge in [0, 0.05) is 19.4 Å². The number of pyridine rings is 1. The highest BCUT2D eigenvalue weighted by Gasteiger charge is 1.99. The van der Waals surface area contributed by atoms with Crippen molar-refractivity contribution in [2.75, 3.05) is 12.4 Å². The van der Waals surface area contributed by atoms with Crippen molar-refractivity contribution < 1.29 is 0 Å². The van der Waals surface area contributed by atoms with Crippen LogP contribution in [0.15, 0.2) is 23.3 Å². The van der Waals surface area contributed by atoms with Gasteiger partial charge in [0.25, 0.3) is 5.56 Å². The number of H-pyrrole nitrogens is 1. The maximum Gasteiger partial charge on any atom is 0.258 e. The molecule has 0 radical (unpaired) electrons. The van der Waals surface area contributed by atoms with E-state index >= 15 is 0 Å². The molecular formula is C8H8N4O. The Morgan fingerprint density at radius 2 is 2.38 bits per heavy atom. The number of nitrogens with one attached hydrogen (secondary N) is 2. The van der Waals surface area contributed by atoms with Crippen LogP contribution in [-0.2, 0) is 0 Å². The molecule has 0 atom stereocenters. The van der Waals surface area contributed by atoms with Crippen molar-refractivity contribution in [3.05, 3.63) is 28.8 Å². The van der Waals surface area contributed by atoms with Crippen molar-refractivity contribution in [1.82, 2.24) is 15.0 Å². The highest BCUT2D eigenvalue weighted by atomic mass is 16.1. The summed E-state index contributed by atoms with van der Waals surface area (Å²) >= 11 is 0. The Morgan fingerprint density at radius 3 is 3.15 bits per heavy atom. The van der Waals surface area contributed by atoms with Crippen LogP contribution in [0, 0.1) is 0 Å². The summed E-state index contributed by atoms with van der Waals surface area (Å²) in [5, 5.41) is 3.31. The minimum atomic E-state index is -0.167. The molecule has 0 spiro atoms. The summed E-state index contributed by atoms with van der Waals surface area (Å²) in [6.07, 6.45) is 3.07. The second kappa shape index (κ2) is 2.85. The summed E-state index contributed by atoms with van der Waals surface area (Å²) in [6, 6.07) is 1.74. The summed E-state index contributed by atoms with van der Waals surface area (Å²) in [5.74, 6) is 0.512. The zero-order valence-corrected chi connectivity index (χ0v) is 7.03. The molecule has 0 aliphatic rings. The Labute approximate surface area is 73.8 Å². The molecule has 2 aromatic heterocycles. The van der Waals surface area contributed by atoms with Gasteiger partial charge in [-0.3, -0.25) is 4.79 Å². The molecule has 0 aromatic carbocycles. The van der Waals surface area contributed by atoms with Crippen LogP contribution in [0.3, 0.4) is 0 Å². The standard InChI is InChI=1S/C8H8N4O/c1-9-8-11-4-5-6(12-8)2-3-10-7(5)13/h2-4H,1H3,(H,10,13)(H,9,11,12). The van der Waals surface area contributed by atoms with Crippen LogP contribution in [-0.4, -0.2) is 22.0 Å². The summed E-state index contributed by atoms with van der Waals surface area (Å²) in [7, 11) is 1.73. The maximum absolute atomic E-state index is 11.2. The molecule has 66 valence electrons. The summed E-state index contributed by atoms with van der Waals surface area (Å²) < 4.78 is 0. The highest BCUT2D eigenvalue weighted by molar-refractivity contribution is 5.76. The van der Waals surface area contributed by atoms with E-state index in [2.05, 4.69) is 20.3 Å². The molecule has 0 saturated carbocycles. The van der Waals surface area contributed by atoms with Crippen LogP contribution in [0.25, 0.3) is 10.9 Å². The molecular weight excluding hydrogens is 168 g/mol. The van der Waals surface area contributed by atoms with Crippen LogP contribution >= 0.6 is 0 Å². The van der Waals surface area contributed by atoms with Crippen LogP contribution in [0.4, 0.5) is 5.95 Å². The SMILES string of the molecule is CNc1ncc2c(=O)[nH]ccc2n1. The number of fused-ring (bicyclic) bond motifs is 1. The minimum absolute atomic E-state index is 0.167. The first kappa shape index (κ1) is 7.72. The van der Waals surface area contributed by atoms with Gasteiger partial charge in [-0.1, -0.05) is 0 Å². The third kappa shape index (κ3) is 1.24. The summed E-state index contributed by atoms with van der Waals surface area (Å²) in [4.78, 5) is 21.8. The minimum Gasteiger partial charge on any atom is -0.357 e. The Morgan fingerprint density at radius 1 is 1.54 bits per heavy atom. The second-order valence-electron chi connectivity index (χ2n) is 2.55. The molecule has 2 N–H and O–H groups in total. The van der Waals surface area contributed by atoms with E-state index in [1.54, 1.807) is 19.3 Å². The molecule has 2 aromatic rings. The molecule has 0 aliphatic carbocycles. The van der Waals surface area contributed by atoms with Crippen molar-refractivity contribution >= 4 is 16.9 Å². The van der Waals surface area contributed by atoms with Crippen LogP contribution in [0.1, 0.15) is 0 Å². The number of nitrogens with zero attached hydrogens (tertiary/aromatic N) is 2. The van der Waals surface area contributed by atoms with Crippen molar-refractivity contribution in [1.29, 1.82) is 0 Å². The molecule has 5 nitrogen and oxygen atoms in total. The third-order valence-electron chi connectivity index (χ3n) is 1.74. The fourth-order valence-electron chi connectivity index (χ4n) is 1.09. The number of hydrogen-bond donors (Lipinski definition) is 2. The van der Waals surface area contributed by atoms with Crippen molar-refractivity contribution in [2.24, 2.45) is 0 Å². The molecule has 0 aliphatic heterocycles. The van der Waals surface area contributed by atoms with Gasteiger partial charge in [-0.05, 0) is 6.07 Å². The largest absolute Gasteiger partial charge is 0.357 e. The van der Waals surface area contributed by atoms with Crippen LogP contribution < -0.4 is 10.9 Å². The monoisotopic (exact) mass is 176 g/mol. The topological polar surface area (TPSA) is 70.7 Å². The normalized spacial score (nSPS) is 10.2. The fourth-order valence-corrected chi connectivity index (χ4v) is 1.09. The molecule has 2 heterocycles. The van der Waals surface area contributed by atoms with Crippen LogP contribution in [0.5, 0.6) is 0 Å². The smallest absolute Gasteiger partial charge is 0.258 e. The Bertz CT molecular complexity index is 491. The van der Waals surface area contributed by atoms with Gasteiger partial charge in [0.1, 0.15) is 0 Å². The Hall–Kier alpha value is -1.91. The third-order valence-corrected chi connectivity index (χ3v) is 1.74. The first-order chi connectivity index (χ1) is 6.31. The molecule has 0 fully saturated rings. The van der Waals surface area contributed by atoms with E-state index in [1.165, 1.54) is 6.20 Å². The zero-order valence-electron chi connectivity index (χ0n) is 7.03. The second-order valence-corrected chi connectivity index (χ2v) is 2.55. The number of aromatic nitrogens is 3. The van der Waals surface area contributed by atoms with Gasteiger partial charge in [0.05, 0.1) is 10.9 Å². The first-order valence-corrected chi connectivity index (χ1v) is 3.83. The van der Waals surface area contributed by atoms with E-state index in [0.717, 1.165) is 0 Å². The zero-order chi connectivity index (χ0) is 9.26. The van der Waals surface area contributed by atoms with E-state index in [4.69, 9.17) is 0 Å². The lowest BCUT2D eigenvalue weighted by Crippen LogP contribution is -2.07. The average Bonchev–Trinajstić information content (AvgIpc) is 2.18. The lowest BCUT2D eigenvalue weighted by atomic mass is 10.3. The van der Waals surface area contributed by atoms with E-state index in [1.807, 2.05) is 0 Å². The van der Waals surface area contributed by atoms with E-state index in [9.17, 15) is 4.79 Å². The first-order valence-electron chi connectivity index (χ1n) is 3.83.